The zero-order valence-electron chi connectivity index (χ0n) is 12.6. The lowest BCUT2D eigenvalue weighted by atomic mass is 10.1. The summed E-state index contributed by atoms with van der Waals surface area (Å²) in [7, 11) is 0. The number of halogens is 2. The summed E-state index contributed by atoms with van der Waals surface area (Å²) < 4.78 is 30.5. The third-order valence-electron chi connectivity index (χ3n) is 3.09. The monoisotopic (exact) mass is 337 g/mol. The van der Waals surface area contributed by atoms with Crippen LogP contribution in [-0.2, 0) is 11.2 Å². The van der Waals surface area contributed by atoms with Crippen LogP contribution in [0.15, 0.2) is 53.4 Å². The molecule has 0 aliphatic rings. The van der Waals surface area contributed by atoms with Crippen molar-refractivity contribution in [3.8, 4) is 5.75 Å². The van der Waals surface area contributed by atoms with Gasteiger partial charge < -0.3 is 10.1 Å². The van der Waals surface area contributed by atoms with E-state index in [-0.39, 0.29) is 6.61 Å². The van der Waals surface area contributed by atoms with Crippen molar-refractivity contribution in [2.24, 2.45) is 0 Å². The summed E-state index contributed by atoms with van der Waals surface area (Å²) in [4.78, 5) is 12.3. The van der Waals surface area contributed by atoms with Gasteiger partial charge in [0.25, 0.3) is 11.7 Å². The first-order valence-corrected chi connectivity index (χ1v) is 8.02. The number of para-hydroxylation sites is 2. The quantitative estimate of drug-likeness (QED) is 0.752. The molecular formula is C17H17F2NO2S. The fourth-order valence-corrected chi connectivity index (χ4v) is 2.63. The van der Waals surface area contributed by atoms with Crippen LogP contribution in [0.2, 0.25) is 0 Å². The van der Waals surface area contributed by atoms with Crippen molar-refractivity contribution in [3.63, 3.8) is 0 Å². The Hall–Kier alpha value is -2.08. The number of amides is 1. The number of aryl methyl sites for hydroxylation is 1. The molecule has 1 N–H and O–H groups in total. The van der Waals surface area contributed by atoms with E-state index in [2.05, 4.69) is 5.32 Å². The molecule has 2 aromatic carbocycles. The molecule has 23 heavy (non-hydrogen) atoms. The largest absolute Gasteiger partial charge is 0.483 e. The number of benzene rings is 2. The topological polar surface area (TPSA) is 38.3 Å². The molecule has 1 amide bonds. The molecule has 2 aromatic rings. The Morgan fingerprint density at radius 3 is 2.61 bits per heavy atom. The maximum absolute atomic E-state index is 12.5. The lowest BCUT2D eigenvalue weighted by molar-refractivity contribution is -0.118. The number of carbonyl (C=O) groups excluding carboxylic acids is 1. The molecule has 0 saturated heterocycles. The van der Waals surface area contributed by atoms with E-state index in [9.17, 15) is 13.6 Å². The van der Waals surface area contributed by atoms with E-state index in [4.69, 9.17) is 4.74 Å². The summed E-state index contributed by atoms with van der Waals surface area (Å²) in [6.07, 6.45) is 0.797. The second-order valence-corrected chi connectivity index (χ2v) is 5.70. The average molecular weight is 337 g/mol. The SMILES string of the molecule is CCc1ccccc1OCC(=O)Nc1ccccc1SC(F)F. The van der Waals surface area contributed by atoms with Gasteiger partial charge in [-0.1, -0.05) is 49.0 Å². The van der Waals surface area contributed by atoms with E-state index in [0.29, 0.717) is 28.1 Å². The summed E-state index contributed by atoms with van der Waals surface area (Å²) in [6, 6.07) is 13.9. The summed E-state index contributed by atoms with van der Waals surface area (Å²) in [6.45, 7) is 1.82. The van der Waals surface area contributed by atoms with Crippen LogP contribution in [0.4, 0.5) is 14.5 Å². The van der Waals surface area contributed by atoms with E-state index in [0.717, 1.165) is 12.0 Å². The molecular weight excluding hydrogens is 320 g/mol. The first-order valence-electron chi connectivity index (χ1n) is 7.14. The van der Waals surface area contributed by atoms with Gasteiger partial charge in [0.05, 0.1) is 5.69 Å². The van der Waals surface area contributed by atoms with Gasteiger partial charge in [-0.3, -0.25) is 4.79 Å². The van der Waals surface area contributed by atoms with Crippen LogP contribution in [0, 0.1) is 0 Å². The Labute approximate surface area is 138 Å². The zero-order valence-corrected chi connectivity index (χ0v) is 13.4. The number of thioether (sulfide) groups is 1. The maximum atomic E-state index is 12.5. The molecule has 0 radical (unpaired) electrons. The number of ether oxygens (including phenoxy) is 1. The Bertz CT molecular complexity index is 665. The van der Waals surface area contributed by atoms with Gasteiger partial charge in [0, 0.05) is 4.90 Å². The van der Waals surface area contributed by atoms with Crippen LogP contribution >= 0.6 is 11.8 Å². The molecule has 0 unspecified atom stereocenters. The molecule has 0 aliphatic carbocycles. The summed E-state index contributed by atoms with van der Waals surface area (Å²) in [5.74, 6) is -2.28. The molecule has 0 aromatic heterocycles. The highest BCUT2D eigenvalue weighted by Crippen LogP contribution is 2.31. The van der Waals surface area contributed by atoms with Crippen LogP contribution in [-0.4, -0.2) is 18.3 Å². The lowest BCUT2D eigenvalue weighted by Gasteiger charge is -2.12. The molecule has 0 spiro atoms. The highest BCUT2D eigenvalue weighted by molar-refractivity contribution is 7.99. The standard InChI is InChI=1S/C17H17F2NO2S/c1-2-12-7-3-5-9-14(12)22-11-16(21)20-13-8-4-6-10-15(13)23-17(18)19/h3-10,17H,2,11H2,1H3,(H,20,21). The lowest BCUT2D eigenvalue weighted by Crippen LogP contribution is -2.20. The maximum Gasteiger partial charge on any atom is 0.288 e. The molecule has 0 atom stereocenters. The van der Waals surface area contributed by atoms with Crippen LogP contribution in [0.3, 0.4) is 0 Å². The molecule has 0 saturated carbocycles. The average Bonchev–Trinajstić information content (AvgIpc) is 2.54. The molecule has 0 bridgehead atoms. The van der Waals surface area contributed by atoms with Crippen molar-refractivity contribution in [1.29, 1.82) is 0 Å². The van der Waals surface area contributed by atoms with Gasteiger partial charge in [-0.05, 0) is 30.2 Å². The van der Waals surface area contributed by atoms with Crippen molar-refractivity contribution in [2.45, 2.75) is 24.0 Å². The number of carbonyl (C=O) groups is 1. The molecule has 3 nitrogen and oxygen atoms in total. The van der Waals surface area contributed by atoms with E-state index < -0.39 is 11.7 Å². The highest BCUT2D eigenvalue weighted by atomic mass is 32.2. The minimum atomic E-state index is -2.54. The summed E-state index contributed by atoms with van der Waals surface area (Å²) in [5, 5.41) is 2.61. The van der Waals surface area contributed by atoms with Gasteiger partial charge in [-0.2, -0.15) is 8.78 Å². The van der Waals surface area contributed by atoms with Gasteiger partial charge in [-0.15, -0.1) is 0 Å². The second-order valence-electron chi connectivity index (χ2n) is 4.67. The smallest absolute Gasteiger partial charge is 0.288 e. The normalized spacial score (nSPS) is 10.6. The summed E-state index contributed by atoms with van der Waals surface area (Å²) in [5.41, 5.74) is 1.36. The first-order chi connectivity index (χ1) is 11.1. The van der Waals surface area contributed by atoms with Crippen LogP contribution in [0.25, 0.3) is 0 Å². The van der Waals surface area contributed by atoms with Crippen molar-refractivity contribution >= 4 is 23.4 Å². The summed E-state index contributed by atoms with van der Waals surface area (Å²) >= 11 is 0.399. The van der Waals surface area contributed by atoms with Crippen molar-refractivity contribution < 1.29 is 18.3 Å². The van der Waals surface area contributed by atoms with Crippen molar-refractivity contribution in [1.82, 2.24) is 0 Å². The van der Waals surface area contributed by atoms with Crippen molar-refractivity contribution in [3.05, 3.63) is 54.1 Å². The van der Waals surface area contributed by atoms with Crippen LogP contribution in [0.5, 0.6) is 5.75 Å². The Morgan fingerprint density at radius 1 is 1.17 bits per heavy atom. The number of hydrogen-bond donors (Lipinski definition) is 1. The van der Waals surface area contributed by atoms with Gasteiger partial charge in [0.15, 0.2) is 6.61 Å². The fourth-order valence-electron chi connectivity index (χ4n) is 2.03. The Morgan fingerprint density at radius 2 is 1.87 bits per heavy atom. The number of alkyl halides is 2. The van der Waals surface area contributed by atoms with Gasteiger partial charge >= 0.3 is 0 Å². The number of hydrogen-bond acceptors (Lipinski definition) is 3. The van der Waals surface area contributed by atoms with E-state index in [1.165, 1.54) is 0 Å². The Kier molecular flexibility index (Phi) is 6.40. The predicted octanol–water partition coefficient (Wildman–Crippen LogP) is 4.58. The molecule has 0 heterocycles. The molecule has 6 heteroatoms. The number of anilines is 1. The van der Waals surface area contributed by atoms with Gasteiger partial charge in [-0.25, -0.2) is 0 Å². The van der Waals surface area contributed by atoms with Gasteiger partial charge in [0.1, 0.15) is 5.75 Å². The zero-order chi connectivity index (χ0) is 16.7. The van der Waals surface area contributed by atoms with Crippen molar-refractivity contribution in [2.75, 3.05) is 11.9 Å². The highest BCUT2D eigenvalue weighted by Gasteiger charge is 2.12. The third-order valence-corrected chi connectivity index (χ3v) is 3.88. The molecule has 0 fully saturated rings. The third kappa shape index (κ3) is 5.25. The Balaban J connectivity index is 1.97. The van der Waals surface area contributed by atoms with Crippen LogP contribution < -0.4 is 10.1 Å². The number of rotatable bonds is 7. The minimum Gasteiger partial charge on any atom is -0.483 e. The van der Waals surface area contributed by atoms with E-state index in [1.807, 2.05) is 25.1 Å². The molecule has 0 aliphatic heterocycles. The second kappa shape index (κ2) is 8.53. The van der Waals surface area contributed by atoms with E-state index in [1.54, 1.807) is 30.3 Å². The van der Waals surface area contributed by atoms with E-state index >= 15 is 0 Å². The number of nitrogens with one attached hydrogen (secondary N) is 1. The van der Waals surface area contributed by atoms with Crippen LogP contribution in [0.1, 0.15) is 12.5 Å². The first kappa shape index (κ1) is 17.3. The fraction of sp³-hybridized carbons (Fsp3) is 0.235. The molecule has 2 rings (SSSR count). The minimum absolute atomic E-state index is 0.176. The predicted molar refractivity (Wildman–Crippen MR) is 88.2 cm³/mol. The van der Waals surface area contributed by atoms with Gasteiger partial charge in [0.2, 0.25) is 0 Å². The molecule has 122 valence electrons.